The number of rotatable bonds is 6. The number of pyridine rings is 1. The van der Waals surface area contributed by atoms with Gasteiger partial charge in [0.25, 0.3) is 0 Å². The molecule has 0 saturated carbocycles. The van der Waals surface area contributed by atoms with Gasteiger partial charge in [0.05, 0.1) is 11.7 Å². The van der Waals surface area contributed by atoms with Crippen LogP contribution in [0.3, 0.4) is 0 Å². The van der Waals surface area contributed by atoms with E-state index < -0.39 is 0 Å². The predicted octanol–water partition coefficient (Wildman–Crippen LogP) is 3.73. The summed E-state index contributed by atoms with van der Waals surface area (Å²) in [7, 11) is 1.50. The highest BCUT2D eigenvalue weighted by Gasteiger charge is 2.32. The Bertz CT molecular complexity index is 1030. The Balaban J connectivity index is 1.73. The number of anilines is 2. The number of carbonyl (C=O) groups is 1. The molecule has 4 rings (SSSR count). The summed E-state index contributed by atoms with van der Waals surface area (Å²) in [5.41, 5.74) is 2.16. The predicted molar refractivity (Wildman–Crippen MR) is 111 cm³/mol. The smallest absolute Gasteiger partial charge is 0.249 e. The number of nitrogens with zero attached hydrogens (tertiary/aromatic N) is 4. The number of methoxy groups -OCH3 is 1. The Morgan fingerprint density at radius 1 is 1.23 bits per heavy atom. The molecule has 2 aromatic heterocycles. The molecule has 0 radical (unpaired) electrons. The lowest BCUT2D eigenvalue weighted by Crippen LogP contribution is -2.34. The van der Waals surface area contributed by atoms with Gasteiger partial charge in [0.15, 0.2) is 5.82 Å². The number of hydrogen-bond donors (Lipinski definition) is 1. The zero-order valence-electron chi connectivity index (χ0n) is 16.6. The van der Waals surface area contributed by atoms with Crippen LogP contribution < -0.4 is 5.32 Å². The van der Waals surface area contributed by atoms with Gasteiger partial charge in [-0.15, -0.1) is 0 Å². The maximum atomic E-state index is 13.6. The van der Waals surface area contributed by atoms with Gasteiger partial charge in [0, 0.05) is 43.4 Å². The summed E-state index contributed by atoms with van der Waals surface area (Å²) in [6.45, 7) is 0.664. The van der Waals surface area contributed by atoms with Crippen molar-refractivity contribution in [2.45, 2.75) is 18.9 Å². The summed E-state index contributed by atoms with van der Waals surface area (Å²) in [6, 6.07) is 11.5. The Morgan fingerprint density at radius 3 is 2.83 bits per heavy atom. The van der Waals surface area contributed by atoms with Crippen molar-refractivity contribution in [2.24, 2.45) is 0 Å². The molecule has 8 heteroatoms. The average molecular weight is 407 g/mol. The van der Waals surface area contributed by atoms with Crippen molar-refractivity contribution in [2.75, 3.05) is 25.6 Å². The normalized spacial score (nSPS) is 15.9. The molecule has 1 atom stereocenters. The van der Waals surface area contributed by atoms with Gasteiger partial charge in [-0.25, -0.2) is 14.4 Å². The molecule has 0 aliphatic carbocycles. The number of carbonyl (C=O) groups excluding carboxylic acids is 1. The molecule has 1 unspecified atom stereocenters. The third kappa shape index (κ3) is 4.44. The molecule has 0 bridgehead atoms. The van der Waals surface area contributed by atoms with Gasteiger partial charge >= 0.3 is 0 Å². The maximum absolute atomic E-state index is 13.6. The lowest BCUT2D eigenvalue weighted by Gasteiger charge is -2.24. The fourth-order valence-electron chi connectivity index (χ4n) is 3.60. The number of ether oxygens (including phenoxy) is 1. The van der Waals surface area contributed by atoms with E-state index in [0.29, 0.717) is 29.6 Å². The molecule has 1 N–H and O–H groups in total. The first-order chi connectivity index (χ1) is 14.6. The monoisotopic (exact) mass is 407 g/mol. The number of likely N-dealkylation sites (tertiary alicyclic amines) is 1. The fourth-order valence-corrected chi connectivity index (χ4v) is 3.60. The van der Waals surface area contributed by atoms with Crippen LogP contribution in [0.25, 0.3) is 11.3 Å². The highest BCUT2D eigenvalue weighted by molar-refractivity contribution is 5.78. The van der Waals surface area contributed by atoms with E-state index in [-0.39, 0.29) is 24.4 Å². The van der Waals surface area contributed by atoms with Gasteiger partial charge in [0.2, 0.25) is 5.91 Å². The van der Waals surface area contributed by atoms with Crippen LogP contribution in [0.2, 0.25) is 0 Å². The zero-order chi connectivity index (χ0) is 20.9. The number of hydrogen-bond acceptors (Lipinski definition) is 6. The van der Waals surface area contributed by atoms with Crippen LogP contribution in [0.4, 0.5) is 15.9 Å². The lowest BCUT2D eigenvalue weighted by atomic mass is 10.1. The van der Waals surface area contributed by atoms with Crippen LogP contribution in [0.15, 0.2) is 54.9 Å². The number of benzene rings is 1. The minimum atomic E-state index is -0.337. The van der Waals surface area contributed by atoms with Gasteiger partial charge in [-0.2, -0.15) is 0 Å². The van der Waals surface area contributed by atoms with Crippen molar-refractivity contribution in [3.63, 3.8) is 0 Å². The fraction of sp³-hybridized carbons (Fsp3) is 0.273. The molecular formula is C22H22FN5O2. The second-order valence-electron chi connectivity index (χ2n) is 7.05. The van der Waals surface area contributed by atoms with Crippen molar-refractivity contribution in [3.05, 3.63) is 66.5 Å². The van der Waals surface area contributed by atoms with Gasteiger partial charge in [0.1, 0.15) is 18.2 Å². The molecule has 0 spiro atoms. The van der Waals surface area contributed by atoms with Gasteiger partial charge in [-0.1, -0.05) is 6.07 Å². The highest BCUT2D eigenvalue weighted by atomic mass is 19.1. The third-order valence-corrected chi connectivity index (χ3v) is 4.96. The third-order valence-electron chi connectivity index (χ3n) is 4.96. The lowest BCUT2D eigenvalue weighted by molar-refractivity contribution is -0.136. The van der Waals surface area contributed by atoms with E-state index in [4.69, 9.17) is 9.72 Å². The molecule has 7 nitrogen and oxygen atoms in total. The molecule has 30 heavy (non-hydrogen) atoms. The highest BCUT2D eigenvalue weighted by Crippen LogP contribution is 2.32. The second kappa shape index (κ2) is 8.96. The summed E-state index contributed by atoms with van der Waals surface area (Å²) >= 11 is 0. The number of nitrogens with one attached hydrogen (secondary N) is 1. The first-order valence-corrected chi connectivity index (χ1v) is 9.74. The Morgan fingerprint density at radius 2 is 2.07 bits per heavy atom. The van der Waals surface area contributed by atoms with Crippen molar-refractivity contribution in [3.8, 4) is 11.3 Å². The van der Waals surface area contributed by atoms with E-state index in [1.54, 1.807) is 35.5 Å². The standard InChI is InChI=1S/C22H22FN5O2/c1-30-14-21(29)28-11-3-6-19(28)22-26-18(15-7-9-24-10-8-15)13-20(27-22)25-17-5-2-4-16(23)12-17/h2,4-5,7-10,12-13,19H,3,6,11,14H2,1H3,(H,25,26,27). The number of amides is 1. The van der Waals surface area contributed by atoms with Crippen LogP contribution in [-0.2, 0) is 9.53 Å². The molecule has 154 valence electrons. The van der Waals surface area contributed by atoms with Crippen LogP contribution in [0.1, 0.15) is 24.7 Å². The first kappa shape index (κ1) is 19.9. The zero-order valence-corrected chi connectivity index (χ0v) is 16.6. The number of halogens is 1. The van der Waals surface area contributed by atoms with Gasteiger partial charge in [-0.3, -0.25) is 9.78 Å². The summed E-state index contributed by atoms with van der Waals surface area (Å²) in [6.07, 6.45) is 5.03. The van der Waals surface area contributed by atoms with E-state index in [1.807, 2.05) is 12.1 Å². The van der Waals surface area contributed by atoms with Crippen LogP contribution in [0, 0.1) is 5.82 Å². The van der Waals surface area contributed by atoms with E-state index >= 15 is 0 Å². The molecule has 3 aromatic rings. The summed E-state index contributed by atoms with van der Waals surface area (Å²) in [5.74, 6) is 0.655. The molecule has 1 fully saturated rings. The molecular weight excluding hydrogens is 385 g/mol. The van der Waals surface area contributed by atoms with Gasteiger partial charge in [-0.05, 0) is 43.2 Å². The van der Waals surface area contributed by atoms with Crippen LogP contribution >= 0.6 is 0 Å². The molecule has 1 saturated heterocycles. The summed E-state index contributed by atoms with van der Waals surface area (Å²) in [5, 5.41) is 3.15. The van der Waals surface area contributed by atoms with Crippen molar-refractivity contribution in [1.82, 2.24) is 19.9 Å². The summed E-state index contributed by atoms with van der Waals surface area (Å²) in [4.78, 5) is 27.7. The van der Waals surface area contributed by atoms with E-state index in [1.165, 1.54) is 19.2 Å². The topological polar surface area (TPSA) is 80.2 Å². The van der Waals surface area contributed by atoms with Crippen molar-refractivity contribution in [1.29, 1.82) is 0 Å². The van der Waals surface area contributed by atoms with Crippen LogP contribution in [0.5, 0.6) is 0 Å². The summed E-state index contributed by atoms with van der Waals surface area (Å²) < 4.78 is 18.6. The van der Waals surface area contributed by atoms with E-state index in [9.17, 15) is 9.18 Å². The number of aromatic nitrogens is 3. The quantitative estimate of drug-likeness (QED) is 0.671. The minimum Gasteiger partial charge on any atom is -0.375 e. The molecule has 1 aromatic carbocycles. The molecule has 3 heterocycles. The Labute approximate surface area is 174 Å². The molecule has 1 amide bonds. The first-order valence-electron chi connectivity index (χ1n) is 9.74. The molecule has 1 aliphatic rings. The minimum absolute atomic E-state index is 0.0228. The van der Waals surface area contributed by atoms with Crippen molar-refractivity contribution < 1.29 is 13.9 Å². The second-order valence-corrected chi connectivity index (χ2v) is 7.05. The Hall–Kier alpha value is -3.39. The van der Waals surface area contributed by atoms with Crippen molar-refractivity contribution >= 4 is 17.4 Å². The maximum Gasteiger partial charge on any atom is 0.249 e. The molecule has 1 aliphatic heterocycles. The SMILES string of the molecule is COCC(=O)N1CCCC1c1nc(Nc2cccc(F)c2)cc(-c2ccncc2)n1. The average Bonchev–Trinajstić information content (AvgIpc) is 3.25. The van der Waals surface area contributed by atoms with E-state index in [2.05, 4.69) is 15.3 Å². The van der Waals surface area contributed by atoms with E-state index in [0.717, 1.165) is 18.4 Å². The van der Waals surface area contributed by atoms with Crippen LogP contribution in [-0.4, -0.2) is 46.0 Å². The van der Waals surface area contributed by atoms with Gasteiger partial charge < -0.3 is 15.0 Å². The Kier molecular flexibility index (Phi) is 5.94. The largest absolute Gasteiger partial charge is 0.375 e.